The van der Waals surface area contributed by atoms with Crippen LogP contribution in [0.5, 0.6) is 0 Å². The van der Waals surface area contributed by atoms with Crippen molar-refractivity contribution < 1.29 is 0 Å². The van der Waals surface area contributed by atoms with E-state index in [0.29, 0.717) is 24.8 Å². The predicted molar refractivity (Wildman–Crippen MR) is 62.2 cm³/mol. The molecular weight excluding hydrogens is 202 g/mol. The largest absolute Gasteiger partial charge is 0.382 e. The molecule has 0 fully saturated rings. The average Bonchev–Trinajstić information content (AvgIpc) is 2.26. The van der Waals surface area contributed by atoms with E-state index in [4.69, 9.17) is 11.0 Å². The van der Waals surface area contributed by atoms with E-state index in [-0.39, 0.29) is 0 Å². The molecule has 0 unspecified atom stereocenters. The van der Waals surface area contributed by atoms with Crippen LogP contribution >= 0.6 is 0 Å². The van der Waals surface area contributed by atoms with Gasteiger partial charge < -0.3 is 5.73 Å². The van der Waals surface area contributed by atoms with Gasteiger partial charge in [0.15, 0.2) is 0 Å². The van der Waals surface area contributed by atoms with Gasteiger partial charge in [-0.3, -0.25) is 9.88 Å². The molecule has 0 aliphatic rings. The first kappa shape index (κ1) is 12.4. The van der Waals surface area contributed by atoms with Crippen LogP contribution in [0.2, 0.25) is 0 Å². The van der Waals surface area contributed by atoms with Gasteiger partial charge in [-0.1, -0.05) is 0 Å². The first-order valence-electron chi connectivity index (χ1n) is 5.31. The normalized spacial score (nSPS) is 10.7. The van der Waals surface area contributed by atoms with Gasteiger partial charge in [-0.05, 0) is 13.8 Å². The maximum Gasteiger partial charge on any atom is 0.141 e. The van der Waals surface area contributed by atoms with Gasteiger partial charge in [0.05, 0.1) is 24.2 Å². The molecule has 1 aromatic rings. The zero-order chi connectivity index (χ0) is 12.0. The number of hydrogen-bond acceptors (Lipinski definition) is 5. The van der Waals surface area contributed by atoms with Crippen LogP contribution in [0.15, 0.2) is 12.4 Å². The molecule has 0 aliphatic heterocycles. The molecule has 1 rings (SSSR count). The summed E-state index contributed by atoms with van der Waals surface area (Å²) in [6.45, 7) is 5.65. The van der Waals surface area contributed by atoms with Gasteiger partial charge in [0, 0.05) is 25.6 Å². The highest BCUT2D eigenvalue weighted by Gasteiger charge is 2.10. The maximum atomic E-state index is 8.58. The lowest BCUT2D eigenvalue weighted by Gasteiger charge is -2.24. The van der Waals surface area contributed by atoms with Crippen molar-refractivity contribution in [3.8, 4) is 6.07 Å². The van der Waals surface area contributed by atoms with E-state index in [1.54, 1.807) is 12.4 Å². The smallest absolute Gasteiger partial charge is 0.141 e. The van der Waals surface area contributed by atoms with Crippen molar-refractivity contribution in [3.63, 3.8) is 0 Å². The van der Waals surface area contributed by atoms with Gasteiger partial charge in [-0.2, -0.15) is 5.26 Å². The summed E-state index contributed by atoms with van der Waals surface area (Å²) in [6.07, 6.45) is 3.76. The monoisotopic (exact) mass is 219 g/mol. The maximum absolute atomic E-state index is 8.58. The second-order valence-corrected chi connectivity index (χ2v) is 3.90. The van der Waals surface area contributed by atoms with Gasteiger partial charge in [0.2, 0.25) is 0 Å². The van der Waals surface area contributed by atoms with Crippen molar-refractivity contribution in [2.24, 2.45) is 0 Å². The summed E-state index contributed by atoms with van der Waals surface area (Å²) >= 11 is 0. The fraction of sp³-hybridized carbons (Fsp3) is 0.545. The Morgan fingerprint density at radius 3 is 2.69 bits per heavy atom. The minimum atomic E-state index is 0.382. The Hall–Kier alpha value is -1.67. The topological polar surface area (TPSA) is 78.8 Å². The Balaban J connectivity index is 2.61. The van der Waals surface area contributed by atoms with Crippen LogP contribution in [0.3, 0.4) is 0 Å². The molecule has 2 N–H and O–H groups in total. The highest BCUT2D eigenvalue weighted by molar-refractivity contribution is 5.22. The number of anilines is 1. The molecule has 0 radical (unpaired) electrons. The van der Waals surface area contributed by atoms with Gasteiger partial charge in [-0.25, -0.2) is 4.98 Å². The minimum absolute atomic E-state index is 0.382. The quantitative estimate of drug-likeness (QED) is 0.804. The molecule has 0 aliphatic carbocycles. The number of nitrogens with zero attached hydrogens (tertiary/aromatic N) is 4. The molecule has 86 valence electrons. The zero-order valence-electron chi connectivity index (χ0n) is 9.72. The van der Waals surface area contributed by atoms with Crippen LogP contribution < -0.4 is 5.73 Å². The van der Waals surface area contributed by atoms with Gasteiger partial charge in [0.25, 0.3) is 0 Å². The molecule has 16 heavy (non-hydrogen) atoms. The van der Waals surface area contributed by atoms with Crippen LogP contribution in [-0.4, -0.2) is 27.5 Å². The molecule has 0 amide bonds. The van der Waals surface area contributed by atoms with Crippen molar-refractivity contribution in [3.05, 3.63) is 18.1 Å². The summed E-state index contributed by atoms with van der Waals surface area (Å²) in [5.74, 6) is 0.428. The standard InChI is InChI=1S/C11H17N5/c1-9(2)16(5-3-4-12)8-10-6-15-11(13)7-14-10/h6-7,9H,3,5,8H2,1-2H3,(H2,13,15). The van der Waals surface area contributed by atoms with Gasteiger partial charge >= 0.3 is 0 Å². The molecule has 5 heteroatoms. The molecule has 0 bridgehead atoms. The molecule has 1 heterocycles. The molecule has 0 atom stereocenters. The van der Waals surface area contributed by atoms with E-state index >= 15 is 0 Å². The predicted octanol–water partition coefficient (Wildman–Crippen LogP) is 1.18. The summed E-state index contributed by atoms with van der Waals surface area (Å²) in [4.78, 5) is 10.4. The van der Waals surface area contributed by atoms with Crippen LogP contribution in [0.1, 0.15) is 26.0 Å². The third kappa shape index (κ3) is 3.83. The number of nitriles is 1. The fourth-order valence-corrected chi connectivity index (χ4v) is 1.37. The zero-order valence-corrected chi connectivity index (χ0v) is 9.72. The van der Waals surface area contributed by atoms with E-state index in [1.807, 2.05) is 0 Å². The SMILES string of the molecule is CC(C)N(CCC#N)Cc1cnc(N)cn1. The van der Waals surface area contributed by atoms with Crippen LogP contribution in [0.4, 0.5) is 5.82 Å². The Kier molecular flexibility index (Phi) is 4.67. The summed E-state index contributed by atoms with van der Waals surface area (Å²) in [5, 5.41) is 8.58. The molecular formula is C11H17N5. The fourth-order valence-electron chi connectivity index (χ4n) is 1.37. The Labute approximate surface area is 95.9 Å². The summed E-state index contributed by atoms with van der Waals surface area (Å²) < 4.78 is 0. The molecule has 0 aromatic carbocycles. The lowest BCUT2D eigenvalue weighted by molar-refractivity contribution is 0.215. The number of nitrogen functional groups attached to an aromatic ring is 1. The van der Waals surface area contributed by atoms with Crippen LogP contribution in [0.25, 0.3) is 0 Å². The van der Waals surface area contributed by atoms with Crippen LogP contribution in [-0.2, 0) is 6.54 Å². The second kappa shape index (κ2) is 6.03. The van der Waals surface area contributed by atoms with Crippen molar-refractivity contribution in [1.29, 1.82) is 5.26 Å². The summed E-state index contributed by atoms with van der Waals surface area (Å²) in [6, 6.07) is 2.53. The lowest BCUT2D eigenvalue weighted by Crippen LogP contribution is -2.31. The van der Waals surface area contributed by atoms with E-state index in [0.717, 1.165) is 12.2 Å². The number of nitrogens with two attached hydrogens (primary N) is 1. The van der Waals surface area contributed by atoms with E-state index in [1.165, 1.54) is 0 Å². The third-order valence-corrected chi connectivity index (χ3v) is 2.33. The average molecular weight is 219 g/mol. The van der Waals surface area contributed by atoms with Gasteiger partial charge in [0.1, 0.15) is 5.82 Å². The number of rotatable bonds is 5. The Morgan fingerprint density at radius 2 is 2.19 bits per heavy atom. The lowest BCUT2D eigenvalue weighted by atomic mass is 10.2. The minimum Gasteiger partial charge on any atom is -0.382 e. The highest BCUT2D eigenvalue weighted by Crippen LogP contribution is 2.06. The Morgan fingerprint density at radius 1 is 1.44 bits per heavy atom. The van der Waals surface area contributed by atoms with E-state index in [2.05, 4.69) is 34.8 Å². The van der Waals surface area contributed by atoms with Crippen LogP contribution in [0, 0.1) is 11.3 Å². The van der Waals surface area contributed by atoms with Crippen molar-refractivity contribution in [1.82, 2.24) is 14.9 Å². The Bertz CT molecular complexity index is 352. The van der Waals surface area contributed by atoms with Crippen molar-refractivity contribution in [2.75, 3.05) is 12.3 Å². The highest BCUT2D eigenvalue weighted by atomic mass is 15.1. The molecule has 0 saturated carbocycles. The van der Waals surface area contributed by atoms with Crippen molar-refractivity contribution in [2.45, 2.75) is 32.9 Å². The molecule has 5 nitrogen and oxygen atoms in total. The second-order valence-electron chi connectivity index (χ2n) is 3.90. The molecule has 0 spiro atoms. The van der Waals surface area contributed by atoms with Gasteiger partial charge in [-0.15, -0.1) is 0 Å². The van der Waals surface area contributed by atoms with Crippen molar-refractivity contribution >= 4 is 5.82 Å². The van der Waals surface area contributed by atoms with E-state index in [9.17, 15) is 0 Å². The summed E-state index contributed by atoms with van der Waals surface area (Å²) in [7, 11) is 0. The molecule has 0 saturated heterocycles. The summed E-state index contributed by atoms with van der Waals surface area (Å²) in [5.41, 5.74) is 6.34. The molecule has 1 aromatic heterocycles. The first-order chi connectivity index (χ1) is 7.63. The number of aromatic nitrogens is 2. The van der Waals surface area contributed by atoms with E-state index < -0.39 is 0 Å². The first-order valence-corrected chi connectivity index (χ1v) is 5.31. The number of hydrogen-bond donors (Lipinski definition) is 1. The third-order valence-electron chi connectivity index (χ3n) is 2.33.